The molecule has 1 fully saturated rings. The maximum Gasteiger partial charge on any atom is 0.278 e. The van der Waals surface area contributed by atoms with Crippen LogP contribution in [0.4, 0.5) is 11.4 Å². The predicted molar refractivity (Wildman–Crippen MR) is 159 cm³/mol. The first-order valence-corrected chi connectivity index (χ1v) is 14.3. The Morgan fingerprint density at radius 1 is 1.14 bits per heavy atom. The number of carbonyl (C=O) groups excluding carboxylic acids is 4. The molecular weight excluding hydrogens is 574 g/mol. The smallest absolute Gasteiger partial charge is 0.278 e. The van der Waals surface area contributed by atoms with Crippen LogP contribution >= 0.6 is 0 Å². The van der Waals surface area contributed by atoms with Gasteiger partial charge < -0.3 is 29.7 Å². The Morgan fingerprint density at radius 2 is 1.91 bits per heavy atom. The highest BCUT2D eigenvalue weighted by atomic mass is 16.6. The molecule has 2 aliphatic heterocycles. The summed E-state index contributed by atoms with van der Waals surface area (Å²) in [6, 6.07) is 4.80. The second-order valence-corrected chi connectivity index (χ2v) is 10.3. The fourth-order valence-electron chi connectivity index (χ4n) is 5.13. The standard InChI is InChI=1S/C30H35N5O9/c1-18(21-13-26(42-3)27(15-24(21)35(40)41)43-10-5-7-28(37)31-2)33-29(38)8-11-44-25-14-23-22(12-19(25)17-36)30(39)34-9-4-6-20(34)16-32-23/h12-18,20H,4-11H2,1-3H3,(H,31,37)(H,33,38)/t18?,20-/m0/s1. The maximum atomic E-state index is 13.0. The van der Waals surface area contributed by atoms with E-state index in [4.69, 9.17) is 14.2 Å². The van der Waals surface area contributed by atoms with E-state index in [9.17, 15) is 29.3 Å². The third kappa shape index (κ3) is 7.30. The van der Waals surface area contributed by atoms with Crippen LogP contribution in [-0.2, 0) is 9.59 Å². The van der Waals surface area contributed by atoms with Crippen molar-refractivity contribution < 1.29 is 38.3 Å². The third-order valence-corrected chi connectivity index (χ3v) is 7.46. The minimum absolute atomic E-state index is 0.0792. The largest absolute Gasteiger partial charge is 0.493 e. The van der Waals surface area contributed by atoms with Gasteiger partial charge in [-0.1, -0.05) is 0 Å². The van der Waals surface area contributed by atoms with Crippen LogP contribution in [0.3, 0.4) is 0 Å². The Kier molecular flexibility index (Phi) is 10.5. The normalized spacial score (nSPS) is 15.8. The predicted octanol–water partition coefficient (Wildman–Crippen LogP) is 3.29. The van der Waals surface area contributed by atoms with Crippen LogP contribution in [0.15, 0.2) is 29.3 Å². The van der Waals surface area contributed by atoms with Crippen molar-refractivity contribution in [3.63, 3.8) is 0 Å². The lowest BCUT2D eigenvalue weighted by Crippen LogP contribution is -2.35. The minimum Gasteiger partial charge on any atom is -0.493 e. The Labute approximate surface area is 253 Å². The number of rotatable bonds is 14. The van der Waals surface area contributed by atoms with Crippen molar-refractivity contribution >= 4 is 41.6 Å². The number of aldehydes is 1. The van der Waals surface area contributed by atoms with Gasteiger partial charge in [-0.15, -0.1) is 0 Å². The zero-order valence-electron chi connectivity index (χ0n) is 24.8. The SMILES string of the molecule is CNC(=O)CCCOc1cc([N+](=O)[O-])c(C(C)NC(=O)CCOc2cc3c(cc2C=O)C(=O)N2CCC[C@H]2C=N3)cc1OC. The van der Waals surface area contributed by atoms with Crippen molar-refractivity contribution in [2.75, 3.05) is 33.9 Å². The Morgan fingerprint density at radius 3 is 2.61 bits per heavy atom. The number of nitro benzene ring substituents is 1. The van der Waals surface area contributed by atoms with E-state index in [1.54, 1.807) is 18.0 Å². The number of amides is 3. The second kappa shape index (κ2) is 14.4. The van der Waals surface area contributed by atoms with Crippen LogP contribution in [0.5, 0.6) is 17.2 Å². The number of benzene rings is 2. The number of nitro groups is 1. The summed E-state index contributed by atoms with van der Waals surface area (Å²) >= 11 is 0. The molecule has 0 aliphatic carbocycles. The molecule has 4 rings (SSSR count). The summed E-state index contributed by atoms with van der Waals surface area (Å²) in [6.07, 6.45) is 4.56. The van der Waals surface area contributed by atoms with E-state index in [1.165, 1.54) is 38.4 Å². The molecular formula is C30H35N5O9. The van der Waals surface area contributed by atoms with Crippen LogP contribution in [0, 0.1) is 10.1 Å². The van der Waals surface area contributed by atoms with Gasteiger partial charge in [0, 0.05) is 32.3 Å². The molecule has 2 aromatic rings. The summed E-state index contributed by atoms with van der Waals surface area (Å²) in [6.45, 7) is 2.27. The number of ether oxygens (including phenoxy) is 3. The summed E-state index contributed by atoms with van der Waals surface area (Å²) in [4.78, 5) is 66.5. The molecule has 14 heteroatoms. The Bertz CT molecular complexity index is 1480. The van der Waals surface area contributed by atoms with Gasteiger partial charge in [-0.25, -0.2) is 0 Å². The number of aliphatic imine (C=N–C) groups is 1. The van der Waals surface area contributed by atoms with Gasteiger partial charge in [-0.3, -0.25) is 34.3 Å². The second-order valence-electron chi connectivity index (χ2n) is 10.3. The van der Waals surface area contributed by atoms with Crippen molar-refractivity contribution in [1.29, 1.82) is 0 Å². The molecule has 0 saturated carbocycles. The summed E-state index contributed by atoms with van der Waals surface area (Å²) < 4.78 is 16.8. The summed E-state index contributed by atoms with van der Waals surface area (Å²) in [5.41, 5.74) is 0.813. The molecule has 0 bridgehead atoms. The number of nitrogens with zero attached hydrogens (tertiary/aromatic N) is 3. The first kappa shape index (κ1) is 31.9. The van der Waals surface area contributed by atoms with E-state index in [1.807, 2.05) is 0 Å². The van der Waals surface area contributed by atoms with Crippen LogP contribution in [0.1, 0.15) is 71.3 Å². The van der Waals surface area contributed by atoms with E-state index in [0.717, 1.165) is 12.8 Å². The number of nitrogens with one attached hydrogen (secondary N) is 2. The van der Waals surface area contributed by atoms with Crippen LogP contribution in [0.2, 0.25) is 0 Å². The fourth-order valence-corrected chi connectivity index (χ4v) is 5.13. The molecule has 0 aromatic heterocycles. The van der Waals surface area contributed by atoms with Gasteiger partial charge in [-0.05, 0) is 38.3 Å². The van der Waals surface area contributed by atoms with E-state index >= 15 is 0 Å². The van der Waals surface area contributed by atoms with Gasteiger partial charge >= 0.3 is 0 Å². The highest BCUT2D eigenvalue weighted by Gasteiger charge is 2.32. The number of methoxy groups -OCH3 is 1. The zero-order valence-corrected chi connectivity index (χ0v) is 24.8. The van der Waals surface area contributed by atoms with Crippen molar-refractivity contribution in [3.8, 4) is 17.2 Å². The van der Waals surface area contributed by atoms with Gasteiger partial charge in [0.1, 0.15) is 5.75 Å². The number of hydrogen-bond acceptors (Lipinski definition) is 10. The highest BCUT2D eigenvalue weighted by molar-refractivity contribution is 6.04. The number of fused-ring (bicyclic) bond motifs is 2. The summed E-state index contributed by atoms with van der Waals surface area (Å²) in [5.74, 6) is -0.208. The lowest BCUT2D eigenvalue weighted by Gasteiger charge is -2.20. The van der Waals surface area contributed by atoms with Crippen molar-refractivity contribution in [2.45, 2.75) is 51.1 Å². The topological polar surface area (TPSA) is 179 Å². The zero-order chi connectivity index (χ0) is 31.8. The maximum absolute atomic E-state index is 13.0. The number of carbonyl (C=O) groups is 4. The minimum atomic E-state index is -0.771. The van der Waals surface area contributed by atoms with Gasteiger partial charge in [0.05, 0.1) is 72.2 Å². The van der Waals surface area contributed by atoms with E-state index in [2.05, 4.69) is 15.6 Å². The van der Waals surface area contributed by atoms with Crippen molar-refractivity contribution in [3.05, 3.63) is 51.1 Å². The summed E-state index contributed by atoms with van der Waals surface area (Å²) in [5, 5.41) is 17.1. The molecule has 2 aliphatic rings. The van der Waals surface area contributed by atoms with Crippen LogP contribution < -0.4 is 24.8 Å². The average Bonchev–Trinajstić information content (AvgIpc) is 3.45. The monoisotopic (exact) mass is 609 g/mol. The Hall–Kier alpha value is -5.01. The molecule has 2 N–H and O–H groups in total. The molecule has 234 valence electrons. The number of hydrogen-bond donors (Lipinski definition) is 2. The summed E-state index contributed by atoms with van der Waals surface area (Å²) in [7, 11) is 2.92. The van der Waals surface area contributed by atoms with E-state index in [0.29, 0.717) is 30.5 Å². The molecule has 0 radical (unpaired) electrons. The van der Waals surface area contributed by atoms with Crippen molar-refractivity contribution in [2.24, 2.45) is 4.99 Å². The molecule has 1 unspecified atom stereocenters. The van der Waals surface area contributed by atoms with Crippen LogP contribution in [-0.4, -0.2) is 80.0 Å². The molecule has 14 nitrogen and oxygen atoms in total. The van der Waals surface area contributed by atoms with Gasteiger partial charge in [0.15, 0.2) is 17.8 Å². The molecule has 1 saturated heterocycles. The van der Waals surface area contributed by atoms with Gasteiger partial charge in [0.25, 0.3) is 11.6 Å². The van der Waals surface area contributed by atoms with Crippen LogP contribution in [0.25, 0.3) is 0 Å². The average molecular weight is 610 g/mol. The first-order chi connectivity index (χ1) is 21.2. The lowest BCUT2D eigenvalue weighted by molar-refractivity contribution is -0.385. The fraction of sp³-hybridized carbons (Fsp3) is 0.433. The molecule has 44 heavy (non-hydrogen) atoms. The van der Waals surface area contributed by atoms with Gasteiger partial charge in [-0.2, -0.15) is 0 Å². The van der Waals surface area contributed by atoms with E-state index < -0.39 is 16.9 Å². The lowest BCUT2D eigenvalue weighted by atomic mass is 10.0. The quantitative estimate of drug-likeness (QED) is 0.141. The third-order valence-electron chi connectivity index (χ3n) is 7.46. The van der Waals surface area contributed by atoms with Crippen molar-refractivity contribution in [1.82, 2.24) is 15.5 Å². The molecule has 0 spiro atoms. The Balaban J connectivity index is 1.39. The highest BCUT2D eigenvalue weighted by Crippen LogP contribution is 2.38. The molecule has 2 atom stereocenters. The molecule has 2 aromatic carbocycles. The van der Waals surface area contributed by atoms with E-state index in [-0.39, 0.29) is 78.0 Å². The molecule has 3 amide bonds. The van der Waals surface area contributed by atoms with Gasteiger partial charge in [0.2, 0.25) is 11.8 Å². The molecule has 2 heterocycles. The first-order valence-electron chi connectivity index (χ1n) is 14.3.